The molecule has 1 unspecified atom stereocenters. The number of likely N-dealkylation sites (N-methyl/N-ethyl adjacent to an activating group) is 1. The highest BCUT2D eigenvalue weighted by atomic mass is 35.5. The molecule has 2 N–H and O–H groups in total. The fraction of sp³-hybridized carbons (Fsp3) is 0.714. The Labute approximate surface area is 144 Å². The summed E-state index contributed by atoms with van der Waals surface area (Å²) in [7, 11) is 1.98. The number of carbonyl (C=O) groups excluding carboxylic acids is 1. The van der Waals surface area contributed by atoms with E-state index in [-0.39, 0.29) is 30.7 Å². The SMILES string of the molecule is CCCn1nccc1NC(=O)CN1CCCC(NC)C1.Cl.Cl. The summed E-state index contributed by atoms with van der Waals surface area (Å²) in [5.41, 5.74) is 0. The molecule has 1 amide bonds. The van der Waals surface area contributed by atoms with Crippen LogP contribution >= 0.6 is 24.8 Å². The Morgan fingerprint density at radius 1 is 1.45 bits per heavy atom. The Kier molecular flexibility index (Phi) is 10.4. The quantitative estimate of drug-likeness (QED) is 0.819. The third-order valence-corrected chi connectivity index (χ3v) is 3.70. The first-order valence-corrected chi connectivity index (χ1v) is 7.44. The summed E-state index contributed by atoms with van der Waals surface area (Å²) in [5, 5.41) is 10.5. The van der Waals surface area contributed by atoms with Crippen molar-refractivity contribution in [1.82, 2.24) is 20.0 Å². The number of carbonyl (C=O) groups is 1. The van der Waals surface area contributed by atoms with Crippen LogP contribution in [0.25, 0.3) is 0 Å². The zero-order chi connectivity index (χ0) is 14.4. The van der Waals surface area contributed by atoms with Crippen LogP contribution in [0.3, 0.4) is 0 Å². The molecule has 0 spiro atoms. The third kappa shape index (κ3) is 6.12. The number of aryl methyl sites for hydroxylation is 1. The predicted octanol–water partition coefficient (Wildman–Crippen LogP) is 1.76. The second-order valence-corrected chi connectivity index (χ2v) is 5.35. The van der Waals surface area contributed by atoms with E-state index in [0.29, 0.717) is 12.6 Å². The Balaban J connectivity index is 0.00000220. The molecule has 1 saturated heterocycles. The van der Waals surface area contributed by atoms with Crippen molar-refractivity contribution in [1.29, 1.82) is 0 Å². The maximum atomic E-state index is 12.1. The van der Waals surface area contributed by atoms with Gasteiger partial charge in [-0.15, -0.1) is 24.8 Å². The van der Waals surface area contributed by atoms with Gasteiger partial charge in [0.05, 0.1) is 12.7 Å². The lowest BCUT2D eigenvalue weighted by atomic mass is 10.1. The van der Waals surface area contributed by atoms with Crippen molar-refractivity contribution in [3.05, 3.63) is 12.3 Å². The summed E-state index contributed by atoms with van der Waals surface area (Å²) in [6, 6.07) is 2.35. The topological polar surface area (TPSA) is 62.2 Å². The summed E-state index contributed by atoms with van der Waals surface area (Å²) < 4.78 is 1.84. The van der Waals surface area contributed by atoms with Gasteiger partial charge < -0.3 is 10.6 Å². The maximum absolute atomic E-state index is 12.1. The smallest absolute Gasteiger partial charge is 0.239 e. The molecule has 0 aromatic carbocycles. The molecule has 0 bridgehead atoms. The molecule has 1 aromatic heterocycles. The van der Waals surface area contributed by atoms with Crippen LogP contribution in [0, 0.1) is 0 Å². The molecule has 1 aliphatic heterocycles. The molecule has 8 heteroatoms. The Morgan fingerprint density at radius 2 is 2.23 bits per heavy atom. The van der Waals surface area contributed by atoms with Crippen molar-refractivity contribution in [2.24, 2.45) is 0 Å². The number of anilines is 1. The monoisotopic (exact) mass is 351 g/mol. The minimum atomic E-state index is 0. The van der Waals surface area contributed by atoms with E-state index < -0.39 is 0 Å². The van der Waals surface area contributed by atoms with Crippen molar-refractivity contribution in [3.63, 3.8) is 0 Å². The number of aromatic nitrogens is 2. The van der Waals surface area contributed by atoms with Crippen LogP contribution in [-0.4, -0.2) is 53.3 Å². The van der Waals surface area contributed by atoms with Gasteiger partial charge in [-0.2, -0.15) is 5.10 Å². The summed E-state index contributed by atoms with van der Waals surface area (Å²) in [5.74, 6) is 0.832. The largest absolute Gasteiger partial charge is 0.316 e. The van der Waals surface area contributed by atoms with Crippen LogP contribution in [0.2, 0.25) is 0 Å². The zero-order valence-corrected chi connectivity index (χ0v) is 14.9. The fourth-order valence-electron chi connectivity index (χ4n) is 2.65. The van der Waals surface area contributed by atoms with E-state index in [1.165, 1.54) is 6.42 Å². The lowest BCUT2D eigenvalue weighted by molar-refractivity contribution is -0.117. The van der Waals surface area contributed by atoms with Crippen molar-refractivity contribution in [2.45, 2.75) is 38.8 Å². The molecule has 128 valence electrons. The number of rotatable bonds is 6. The minimum absolute atomic E-state index is 0. The van der Waals surface area contributed by atoms with Crippen LogP contribution in [0.1, 0.15) is 26.2 Å². The molecule has 6 nitrogen and oxygen atoms in total. The normalized spacial score (nSPS) is 18.2. The average molecular weight is 352 g/mol. The van der Waals surface area contributed by atoms with Crippen LogP contribution in [0.5, 0.6) is 0 Å². The van der Waals surface area contributed by atoms with Crippen LogP contribution in [-0.2, 0) is 11.3 Å². The van der Waals surface area contributed by atoms with E-state index in [2.05, 4.69) is 27.6 Å². The number of hydrogen-bond acceptors (Lipinski definition) is 4. The number of halogens is 2. The summed E-state index contributed by atoms with van der Waals surface area (Å²) in [4.78, 5) is 14.3. The first-order chi connectivity index (χ1) is 9.72. The predicted molar refractivity (Wildman–Crippen MR) is 94.2 cm³/mol. The highest BCUT2D eigenvalue weighted by Gasteiger charge is 2.20. The van der Waals surface area contributed by atoms with Gasteiger partial charge in [-0.05, 0) is 32.9 Å². The Morgan fingerprint density at radius 3 is 2.91 bits per heavy atom. The summed E-state index contributed by atoms with van der Waals surface area (Å²) in [6.45, 7) is 5.32. The number of nitrogens with zero attached hydrogens (tertiary/aromatic N) is 3. The second kappa shape index (κ2) is 10.8. The molecule has 0 aliphatic carbocycles. The fourth-order valence-corrected chi connectivity index (χ4v) is 2.65. The summed E-state index contributed by atoms with van der Waals surface area (Å²) in [6.07, 6.45) is 5.06. The van der Waals surface area contributed by atoms with E-state index in [1.807, 2.05) is 17.8 Å². The number of nitrogens with one attached hydrogen (secondary N) is 2. The first-order valence-electron chi connectivity index (χ1n) is 7.44. The maximum Gasteiger partial charge on any atom is 0.239 e. The van der Waals surface area contributed by atoms with Crippen molar-refractivity contribution in [2.75, 3.05) is 32.0 Å². The van der Waals surface area contributed by atoms with Gasteiger partial charge in [0.25, 0.3) is 0 Å². The minimum Gasteiger partial charge on any atom is -0.316 e. The van der Waals surface area contributed by atoms with Gasteiger partial charge in [0.15, 0.2) is 0 Å². The van der Waals surface area contributed by atoms with Gasteiger partial charge in [-0.3, -0.25) is 9.69 Å². The lowest BCUT2D eigenvalue weighted by Crippen LogP contribution is -2.47. The van der Waals surface area contributed by atoms with Gasteiger partial charge >= 0.3 is 0 Å². The molecule has 2 rings (SSSR count). The molecule has 1 aliphatic rings. The number of hydrogen-bond donors (Lipinski definition) is 2. The Bertz CT molecular complexity index is 441. The van der Waals surface area contributed by atoms with E-state index in [9.17, 15) is 4.79 Å². The highest BCUT2D eigenvalue weighted by Crippen LogP contribution is 2.11. The van der Waals surface area contributed by atoms with E-state index in [1.54, 1.807) is 6.20 Å². The van der Waals surface area contributed by atoms with E-state index in [4.69, 9.17) is 0 Å². The van der Waals surface area contributed by atoms with Crippen LogP contribution in [0.15, 0.2) is 12.3 Å². The second-order valence-electron chi connectivity index (χ2n) is 5.35. The molecule has 22 heavy (non-hydrogen) atoms. The molecule has 0 saturated carbocycles. The number of piperidine rings is 1. The molecule has 1 atom stereocenters. The molecule has 1 aromatic rings. The first kappa shape index (κ1) is 21.2. The van der Waals surface area contributed by atoms with Gasteiger partial charge in [0.2, 0.25) is 5.91 Å². The molecular formula is C14H27Cl2N5O. The zero-order valence-electron chi connectivity index (χ0n) is 13.2. The molecule has 1 fully saturated rings. The van der Waals surface area contributed by atoms with Gasteiger partial charge in [0.1, 0.15) is 5.82 Å². The molecule has 0 radical (unpaired) electrons. The molecule has 2 heterocycles. The summed E-state index contributed by atoms with van der Waals surface area (Å²) >= 11 is 0. The van der Waals surface area contributed by atoms with Crippen molar-refractivity contribution in [3.8, 4) is 0 Å². The molecular weight excluding hydrogens is 325 g/mol. The number of amides is 1. The number of likely N-dealkylation sites (tertiary alicyclic amines) is 1. The van der Waals surface area contributed by atoms with Crippen LogP contribution in [0.4, 0.5) is 5.82 Å². The van der Waals surface area contributed by atoms with Gasteiger partial charge in [0, 0.05) is 25.2 Å². The standard InChI is InChI=1S/C14H25N5O.2ClH/c1-3-8-19-13(6-7-16-19)17-14(20)11-18-9-4-5-12(10-18)15-2;;/h6-7,12,15H,3-5,8-11H2,1-2H3,(H,17,20);2*1H. The van der Waals surface area contributed by atoms with Crippen LogP contribution < -0.4 is 10.6 Å². The lowest BCUT2D eigenvalue weighted by Gasteiger charge is -2.31. The van der Waals surface area contributed by atoms with E-state index >= 15 is 0 Å². The van der Waals surface area contributed by atoms with Crippen molar-refractivity contribution >= 4 is 36.5 Å². The van der Waals surface area contributed by atoms with Gasteiger partial charge in [-0.1, -0.05) is 6.92 Å². The third-order valence-electron chi connectivity index (χ3n) is 3.70. The Hall–Kier alpha value is -0.820. The van der Waals surface area contributed by atoms with E-state index in [0.717, 1.165) is 38.3 Å². The highest BCUT2D eigenvalue weighted by molar-refractivity contribution is 5.91. The van der Waals surface area contributed by atoms with Gasteiger partial charge in [-0.25, -0.2) is 4.68 Å². The average Bonchev–Trinajstić information content (AvgIpc) is 2.86. The van der Waals surface area contributed by atoms with Crippen molar-refractivity contribution < 1.29 is 4.79 Å².